The van der Waals surface area contributed by atoms with Crippen molar-refractivity contribution in [2.45, 2.75) is 52.4 Å². The van der Waals surface area contributed by atoms with E-state index >= 15 is 0 Å². The SMILES string of the molecule is CCCC/C(=C/C(=O)c1ccc(F)cc1)NCCN/C(=C\C(=O)c1ccc(F)cc1)CCCC. The summed E-state index contributed by atoms with van der Waals surface area (Å²) in [5.74, 6) is -1.08. The van der Waals surface area contributed by atoms with Gasteiger partial charge < -0.3 is 10.6 Å². The van der Waals surface area contributed by atoms with Gasteiger partial charge in [-0.05, 0) is 74.2 Å². The first-order chi connectivity index (χ1) is 16.4. The zero-order chi connectivity index (χ0) is 24.8. The van der Waals surface area contributed by atoms with Gasteiger partial charge in [-0.25, -0.2) is 8.78 Å². The molecule has 2 aromatic carbocycles. The normalized spacial score (nSPS) is 11.9. The molecule has 2 N–H and O–H groups in total. The third-order valence-electron chi connectivity index (χ3n) is 5.30. The van der Waals surface area contributed by atoms with E-state index in [0.29, 0.717) is 24.2 Å². The summed E-state index contributed by atoms with van der Waals surface area (Å²) in [6.07, 6.45) is 8.52. The number of allylic oxidation sites excluding steroid dienone is 4. The van der Waals surface area contributed by atoms with Crippen LogP contribution >= 0.6 is 0 Å². The number of hydrogen-bond acceptors (Lipinski definition) is 4. The highest BCUT2D eigenvalue weighted by Crippen LogP contribution is 2.11. The summed E-state index contributed by atoms with van der Waals surface area (Å²) >= 11 is 0. The van der Waals surface area contributed by atoms with Crippen molar-refractivity contribution in [1.29, 1.82) is 0 Å². The molecule has 0 amide bonds. The average molecular weight is 469 g/mol. The van der Waals surface area contributed by atoms with Crippen LogP contribution < -0.4 is 10.6 Å². The van der Waals surface area contributed by atoms with Crippen LogP contribution in [0.5, 0.6) is 0 Å². The summed E-state index contributed by atoms with van der Waals surface area (Å²) in [5, 5.41) is 6.64. The fourth-order valence-corrected chi connectivity index (χ4v) is 3.32. The summed E-state index contributed by atoms with van der Waals surface area (Å²) in [7, 11) is 0. The van der Waals surface area contributed by atoms with Gasteiger partial charge in [0.25, 0.3) is 0 Å². The second-order valence-electron chi connectivity index (χ2n) is 8.14. The van der Waals surface area contributed by atoms with Gasteiger partial charge in [0, 0.05) is 47.8 Å². The van der Waals surface area contributed by atoms with Crippen LogP contribution in [0.25, 0.3) is 0 Å². The number of carbonyl (C=O) groups is 2. The van der Waals surface area contributed by atoms with Crippen molar-refractivity contribution in [2.24, 2.45) is 0 Å². The lowest BCUT2D eigenvalue weighted by atomic mass is 10.1. The Bertz CT molecular complexity index is 899. The number of benzene rings is 2. The van der Waals surface area contributed by atoms with Crippen LogP contribution in [-0.4, -0.2) is 24.7 Å². The van der Waals surface area contributed by atoms with Crippen LogP contribution in [0.15, 0.2) is 72.1 Å². The molecule has 6 heteroatoms. The highest BCUT2D eigenvalue weighted by atomic mass is 19.1. The lowest BCUT2D eigenvalue weighted by Crippen LogP contribution is -2.27. The van der Waals surface area contributed by atoms with Gasteiger partial charge in [0.2, 0.25) is 0 Å². The highest BCUT2D eigenvalue weighted by molar-refractivity contribution is 6.05. The van der Waals surface area contributed by atoms with E-state index < -0.39 is 0 Å². The first kappa shape index (κ1) is 27.0. The largest absolute Gasteiger partial charge is 0.386 e. The predicted octanol–water partition coefficient (Wildman–Crippen LogP) is 6.36. The van der Waals surface area contributed by atoms with Crippen LogP contribution in [0, 0.1) is 11.6 Å². The maximum atomic E-state index is 13.1. The molecular formula is C28H34F2N2O2. The Labute approximate surface area is 201 Å². The van der Waals surface area contributed by atoms with Crippen molar-refractivity contribution >= 4 is 11.6 Å². The Morgan fingerprint density at radius 3 is 1.35 bits per heavy atom. The first-order valence-electron chi connectivity index (χ1n) is 11.9. The second kappa shape index (κ2) is 14.8. The van der Waals surface area contributed by atoms with Gasteiger partial charge in [0.1, 0.15) is 11.6 Å². The molecule has 0 spiro atoms. The second-order valence-corrected chi connectivity index (χ2v) is 8.14. The van der Waals surface area contributed by atoms with Gasteiger partial charge in [-0.1, -0.05) is 26.7 Å². The van der Waals surface area contributed by atoms with Gasteiger partial charge in [-0.2, -0.15) is 0 Å². The third kappa shape index (κ3) is 9.69. The molecule has 0 atom stereocenters. The summed E-state index contributed by atoms with van der Waals surface area (Å²) in [6.45, 7) is 5.31. The third-order valence-corrected chi connectivity index (χ3v) is 5.30. The van der Waals surface area contributed by atoms with E-state index in [1.54, 1.807) is 12.2 Å². The summed E-state index contributed by atoms with van der Waals surface area (Å²) in [4.78, 5) is 25.1. The summed E-state index contributed by atoms with van der Waals surface area (Å²) in [6, 6.07) is 11.0. The molecule has 4 nitrogen and oxygen atoms in total. The number of nitrogens with one attached hydrogen (secondary N) is 2. The smallest absolute Gasteiger partial charge is 0.187 e. The van der Waals surface area contributed by atoms with Crippen LogP contribution in [-0.2, 0) is 0 Å². The van der Waals surface area contributed by atoms with Crippen LogP contribution in [0.3, 0.4) is 0 Å². The van der Waals surface area contributed by atoms with Gasteiger partial charge in [0.15, 0.2) is 11.6 Å². The highest BCUT2D eigenvalue weighted by Gasteiger charge is 2.08. The van der Waals surface area contributed by atoms with Gasteiger partial charge in [-0.15, -0.1) is 0 Å². The molecular weight excluding hydrogens is 434 g/mol. The lowest BCUT2D eigenvalue weighted by molar-refractivity contribution is 0.103. The monoisotopic (exact) mass is 468 g/mol. The number of hydrogen-bond donors (Lipinski definition) is 2. The fourth-order valence-electron chi connectivity index (χ4n) is 3.32. The minimum absolute atomic E-state index is 0.167. The van der Waals surface area contributed by atoms with Crippen molar-refractivity contribution in [3.05, 3.63) is 94.8 Å². The van der Waals surface area contributed by atoms with Crippen molar-refractivity contribution in [3.63, 3.8) is 0 Å². The Morgan fingerprint density at radius 1 is 0.676 bits per heavy atom. The topological polar surface area (TPSA) is 58.2 Å². The molecule has 2 rings (SSSR count). The van der Waals surface area contributed by atoms with E-state index in [2.05, 4.69) is 24.5 Å². The van der Waals surface area contributed by atoms with E-state index in [1.165, 1.54) is 48.5 Å². The standard InChI is InChI=1S/C28H34F2N2O2/c1-3-5-7-25(19-27(33)21-9-13-23(29)14-10-21)31-17-18-32-26(8-6-4-2)20-28(34)22-11-15-24(30)16-12-22/h9-16,19-20,31-32H,3-8,17-18H2,1-2H3/b25-19-,26-20-. The van der Waals surface area contributed by atoms with Crippen molar-refractivity contribution < 1.29 is 18.4 Å². The van der Waals surface area contributed by atoms with Crippen molar-refractivity contribution in [3.8, 4) is 0 Å². The van der Waals surface area contributed by atoms with Crippen LogP contribution in [0.1, 0.15) is 73.1 Å². The van der Waals surface area contributed by atoms with E-state index in [-0.39, 0.29) is 23.2 Å². The molecule has 0 heterocycles. The molecule has 0 fully saturated rings. The zero-order valence-electron chi connectivity index (χ0n) is 20.0. The number of carbonyl (C=O) groups excluding carboxylic acids is 2. The summed E-state index contributed by atoms with van der Waals surface area (Å²) in [5.41, 5.74) is 2.55. The molecule has 0 aromatic heterocycles. The number of unbranched alkanes of at least 4 members (excludes halogenated alkanes) is 2. The minimum atomic E-state index is -0.374. The Morgan fingerprint density at radius 2 is 1.03 bits per heavy atom. The summed E-state index contributed by atoms with van der Waals surface area (Å²) < 4.78 is 26.3. The molecule has 0 unspecified atom stereocenters. The molecule has 0 radical (unpaired) electrons. The molecule has 0 aliphatic carbocycles. The van der Waals surface area contributed by atoms with Gasteiger partial charge in [0.05, 0.1) is 0 Å². The fraction of sp³-hybridized carbons (Fsp3) is 0.357. The molecule has 0 saturated heterocycles. The van der Waals surface area contributed by atoms with Crippen molar-refractivity contribution in [2.75, 3.05) is 13.1 Å². The zero-order valence-corrected chi connectivity index (χ0v) is 20.0. The minimum Gasteiger partial charge on any atom is -0.386 e. The van der Waals surface area contributed by atoms with Gasteiger partial charge in [-0.3, -0.25) is 9.59 Å². The quantitative estimate of drug-likeness (QED) is 0.181. The maximum Gasteiger partial charge on any atom is 0.187 e. The average Bonchev–Trinajstić information content (AvgIpc) is 2.83. The number of ketones is 2. The molecule has 0 bridgehead atoms. The predicted molar refractivity (Wildman–Crippen MR) is 133 cm³/mol. The Hall–Kier alpha value is -3.28. The van der Waals surface area contributed by atoms with Crippen LogP contribution in [0.4, 0.5) is 8.78 Å². The lowest BCUT2D eigenvalue weighted by Gasteiger charge is -2.14. The Kier molecular flexibility index (Phi) is 11.7. The molecule has 34 heavy (non-hydrogen) atoms. The number of rotatable bonds is 15. The van der Waals surface area contributed by atoms with E-state index in [4.69, 9.17) is 0 Å². The van der Waals surface area contributed by atoms with Crippen LogP contribution in [0.2, 0.25) is 0 Å². The number of halogens is 2. The van der Waals surface area contributed by atoms with Gasteiger partial charge >= 0.3 is 0 Å². The van der Waals surface area contributed by atoms with Crippen molar-refractivity contribution in [1.82, 2.24) is 10.6 Å². The molecule has 2 aromatic rings. The van der Waals surface area contributed by atoms with E-state index in [9.17, 15) is 18.4 Å². The Balaban J connectivity index is 1.98. The maximum absolute atomic E-state index is 13.1. The first-order valence-corrected chi connectivity index (χ1v) is 11.9. The molecule has 0 aliphatic heterocycles. The molecule has 0 aliphatic rings. The molecule has 182 valence electrons. The van der Waals surface area contributed by atoms with E-state index in [0.717, 1.165) is 49.9 Å². The molecule has 0 saturated carbocycles. The van der Waals surface area contributed by atoms with E-state index in [1.807, 2.05) is 0 Å².